The third-order valence-corrected chi connectivity index (χ3v) is 3.51. The Morgan fingerprint density at radius 2 is 1.76 bits per heavy atom. The van der Waals surface area contributed by atoms with E-state index < -0.39 is 0 Å². The summed E-state index contributed by atoms with van der Waals surface area (Å²) in [6.07, 6.45) is 2.16. The maximum atomic E-state index is 6.29. The van der Waals surface area contributed by atoms with Crippen molar-refractivity contribution >= 4 is 0 Å². The molecular formula is C19H25NO. The van der Waals surface area contributed by atoms with Gasteiger partial charge in [0.25, 0.3) is 0 Å². The molecule has 0 spiro atoms. The van der Waals surface area contributed by atoms with E-state index in [9.17, 15) is 0 Å². The van der Waals surface area contributed by atoms with Crippen molar-refractivity contribution in [2.45, 2.75) is 45.8 Å². The van der Waals surface area contributed by atoms with E-state index in [2.05, 4.69) is 43.3 Å². The Labute approximate surface area is 127 Å². The van der Waals surface area contributed by atoms with Crippen LogP contribution in [0.5, 0.6) is 5.75 Å². The predicted molar refractivity (Wildman–Crippen MR) is 88.6 cm³/mol. The lowest BCUT2D eigenvalue weighted by molar-refractivity contribution is 0.242. The normalized spacial score (nSPS) is 12.4. The Hall–Kier alpha value is -1.80. The van der Waals surface area contributed by atoms with Crippen molar-refractivity contribution in [1.82, 2.24) is 0 Å². The quantitative estimate of drug-likeness (QED) is 0.852. The van der Waals surface area contributed by atoms with Gasteiger partial charge >= 0.3 is 0 Å². The first-order chi connectivity index (χ1) is 10.0. The Kier molecular flexibility index (Phi) is 5.40. The Bertz CT molecular complexity index is 560. The Morgan fingerprint density at radius 1 is 1.05 bits per heavy atom. The number of benzene rings is 2. The molecule has 1 atom stereocenters. The summed E-state index contributed by atoms with van der Waals surface area (Å²) in [5.74, 6) is 0.902. The van der Waals surface area contributed by atoms with Crippen molar-refractivity contribution in [2.75, 3.05) is 0 Å². The lowest BCUT2D eigenvalue weighted by Gasteiger charge is -2.14. The SMILES string of the molecule is Cc1cccc(CCC(N)c2ccc(OC(C)C)cc2)c1. The number of hydrogen-bond donors (Lipinski definition) is 1. The molecule has 0 saturated heterocycles. The number of nitrogens with two attached hydrogens (primary N) is 1. The van der Waals surface area contributed by atoms with E-state index in [0.717, 1.165) is 18.6 Å². The molecule has 2 N–H and O–H groups in total. The summed E-state index contributed by atoms with van der Waals surface area (Å²) in [6.45, 7) is 6.18. The lowest BCUT2D eigenvalue weighted by Crippen LogP contribution is -2.11. The molecule has 21 heavy (non-hydrogen) atoms. The predicted octanol–water partition coefficient (Wildman–Crippen LogP) is 4.41. The highest BCUT2D eigenvalue weighted by atomic mass is 16.5. The minimum absolute atomic E-state index is 0.0682. The van der Waals surface area contributed by atoms with Gasteiger partial charge in [0.1, 0.15) is 5.75 Å². The van der Waals surface area contributed by atoms with Gasteiger partial charge in [-0.25, -0.2) is 0 Å². The van der Waals surface area contributed by atoms with Crippen LogP contribution in [0, 0.1) is 6.92 Å². The van der Waals surface area contributed by atoms with Crippen LogP contribution in [0.1, 0.15) is 43.0 Å². The minimum Gasteiger partial charge on any atom is -0.491 e. The fourth-order valence-corrected chi connectivity index (χ4v) is 2.42. The van der Waals surface area contributed by atoms with Crippen molar-refractivity contribution in [3.8, 4) is 5.75 Å². The molecule has 2 heteroatoms. The summed E-state index contributed by atoms with van der Waals surface area (Å²) in [7, 11) is 0. The van der Waals surface area contributed by atoms with Crippen LogP contribution in [0.15, 0.2) is 48.5 Å². The molecule has 2 aromatic carbocycles. The highest BCUT2D eigenvalue weighted by molar-refractivity contribution is 5.29. The molecule has 0 radical (unpaired) electrons. The number of hydrogen-bond acceptors (Lipinski definition) is 2. The zero-order valence-electron chi connectivity index (χ0n) is 13.2. The smallest absolute Gasteiger partial charge is 0.119 e. The summed E-state index contributed by atoms with van der Waals surface area (Å²) in [4.78, 5) is 0. The zero-order valence-corrected chi connectivity index (χ0v) is 13.2. The highest BCUT2D eigenvalue weighted by Crippen LogP contribution is 2.21. The highest BCUT2D eigenvalue weighted by Gasteiger charge is 2.07. The standard InChI is InChI=1S/C19H25NO/c1-14(2)21-18-10-8-17(9-11-18)19(20)12-7-16-6-4-5-15(3)13-16/h4-6,8-11,13-14,19H,7,12,20H2,1-3H3. The van der Waals surface area contributed by atoms with Gasteiger partial charge in [-0.05, 0) is 56.9 Å². The summed E-state index contributed by atoms with van der Waals surface area (Å²) in [5.41, 5.74) is 10.1. The van der Waals surface area contributed by atoms with Crippen LogP contribution in [-0.2, 0) is 6.42 Å². The van der Waals surface area contributed by atoms with Gasteiger partial charge < -0.3 is 10.5 Å². The van der Waals surface area contributed by atoms with Gasteiger partial charge in [-0.2, -0.15) is 0 Å². The average molecular weight is 283 g/mol. The van der Waals surface area contributed by atoms with E-state index in [1.54, 1.807) is 0 Å². The average Bonchev–Trinajstić information content (AvgIpc) is 2.45. The number of rotatable bonds is 6. The molecule has 2 rings (SSSR count). The van der Waals surface area contributed by atoms with Crippen LogP contribution >= 0.6 is 0 Å². The third kappa shape index (κ3) is 4.91. The molecule has 1 unspecified atom stereocenters. The minimum atomic E-state index is 0.0682. The van der Waals surface area contributed by atoms with Gasteiger partial charge in [-0.15, -0.1) is 0 Å². The van der Waals surface area contributed by atoms with Crippen molar-refractivity contribution in [2.24, 2.45) is 5.73 Å². The zero-order chi connectivity index (χ0) is 15.2. The van der Waals surface area contributed by atoms with E-state index in [0.29, 0.717) is 0 Å². The van der Waals surface area contributed by atoms with Crippen molar-refractivity contribution < 1.29 is 4.74 Å². The van der Waals surface area contributed by atoms with Gasteiger partial charge in [0.2, 0.25) is 0 Å². The molecular weight excluding hydrogens is 258 g/mol. The number of aryl methyl sites for hydroxylation is 2. The van der Waals surface area contributed by atoms with Gasteiger partial charge in [-0.1, -0.05) is 42.0 Å². The molecule has 2 aromatic rings. The largest absolute Gasteiger partial charge is 0.491 e. The van der Waals surface area contributed by atoms with Crippen LogP contribution in [-0.4, -0.2) is 6.10 Å². The van der Waals surface area contributed by atoms with Gasteiger partial charge in [-0.3, -0.25) is 0 Å². The molecule has 0 aliphatic rings. The molecule has 0 aliphatic carbocycles. The second kappa shape index (κ2) is 7.28. The fourth-order valence-electron chi connectivity index (χ4n) is 2.42. The fraction of sp³-hybridized carbons (Fsp3) is 0.368. The van der Waals surface area contributed by atoms with Crippen LogP contribution < -0.4 is 10.5 Å². The maximum absolute atomic E-state index is 6.29. The van der Waals surface area contributed by atoms with Gasteiger partial charge in [0.05, 0.1) is 6.10 Å². The molecule has 0 amide bonds. The monoisotopic (exact) mass is 283 g/mol. The van der Waals surface area contributed by atoms with E-state index >= 15 is 0 Å². The van der Waals surface area contributed by atoms with Gasteiger partial charge in [0, 0.05) is 6.04 Å². The van der Waals surface area contributed by atoms with E-state index in [1.807, 2.05) is 26.0 Å². The molecule has 2 nitrogen and oxygen atoms in total. The van der Waals surface area contributed by atoms with Crippen LogP contribution in [0.3, 0.4) is 0 Å². The van der Waals surface area contributed by atoms with Crippen LogP contribution in [0.2, 0.25) is 0 Å². The van der Waals surface area contributed by atoms with Gasteiger partial charge in [0.15, 0.2) is 0 Å². The van der Waals surface area contributed by atoms with E-state index in [4.69, 9.17) is 10.5 Å². The first-order valence-electron chi connectivity index (χ1n) is 7.62. The topological polar surface area (TPSA) is 35.2 Å². The molecule has 0 fully saturated rings. The maximum Gasteiger partial charge on any atom is 0.119 e. The molecule has 0 saturated carbocycles. The van der Waals surface area contributed by atoms with Crippen LogP contribution in [0.4, 0.5) is 0 Å². The summed E-state index contributed by atoms with van der Waals surface area (Å²) >= 11 is 0. The molecule has 112 valence electrons. The second-order valence-electron chi connectivity index (χ2n) is 5.87. The molecule has 0 bridgehead atoms. The first kappa shape index (κ1) is 15.6. The Morgan fingerprint density at radius 3 is 2.38 bits per heavy atom. The molecule has 0 heterocycles. The lowest BCUT2D eigenvalue weighted by atomic mass is 9.99. The van der Waals surface area contributed by atoms with E-state index in [1.165, 1.54) is 16.7 Å². The van der Waals surface area contributed by atoms with Crippen molar-refractivity contribution in [1.29, 1.82) is 0 Å². The third-order valence-electron chi connectivity index (χ3n) is 3.51. The van der Waals surface area contributed by atoms with Crippen molar-refractivity contribution in [3.05, 3.63) is 65.2 Å². The second-order valence-corrected chi connectivity index (χ2v) is 5.87. The molecule has 0 aromatic heterocycles. The van der Waals surface area contributed by atoms with E-state index in [-0.39, 0.29) is 12.1 Å². The van der Waals surface area contributed by atoms with Crippen molar-refractivity contribution in [3.63, 3.8) is 0 Å². The summed E-state index contributed by atoms with van der Waals surface area (Å²) < 4.78 is 5.65. The molecule has 0 aliphatic heterocycles. The Balaban J connectivity index is 1.92. The van der Waals surface area contributed by atoms with Crippen LogP contribution in [0.25, 0.3) is 0 Å². The summed E-state index contributed by atoms with van der Waals surface area (Å²) in [6, 6.07) is 16.8. The summed E-state index contributed by atoms with van der Waals surface area (Å²) in [5, 5.41) is 0. The number of ether oxygens (including phenoxy) is 1. The first-order valence-corrected chi connectivity index (χ1v) is 7.62.